The van der Waals surface area contributed by atoms with E-state index in [0.717, 1.165) is 18.5 Å². The lowest BCUT2D eigenvalue weighted by Gasteiger charge is -2.16. The molecule has 2 aliphatic heterocycles. The summed E-state index contributed by atoms with van der Waals surface area (Å²) in [5.74, 6) is 0.890. The molecule has 2 saturated heterocycles. The molecular weight excluding hydrogens is 186 g/mol. The molecule has 0 saturated carbocycles. The third kappa shape index (κ3) is 1.90. The van der Waals surface area contributed by atoms with Gasteiger partial charge in [0.2, 0.25) is 0 Å². The Labute approximate surface area is 90.5 Å². The zero-order chi connectivity index (χ0) is 10.1. The fourth-order valence-electron chi connectivity index (χ4n) is 2.82. The van der Waals surface area contributed by atoms with Crippen LogP contribution in [-0.2, 0) is 6.54 Å². The van der Waals surface area contributed by atoms with Crippen molar-refractivity contribution in [3.05, 3.63) is 30.1 Å². The van der Waals surface area contributed by atoms with Crippen LogP contribution in [0.5, 0.6) is 0 Å². The van der Waals surface area contributed by atoms with E-state index in [4.69, 9.17) is 0 Å². The van der Waals surface area contributed by atoms with Gasteiger partial charge in [-0.05, 0) is 30.5 Å². The van der Waals surface area contributed by atoms with Crippen LogP contribution in [0.15, 0.2) is 24.5 Å². The average Bonchev–Trinajstić information content (AvgIpc) is 2.79. The molecule has 2 fully saturated rings. The summed E-state index contributed by atoms with van der Waals surface area (Å²) >= 11 is 0. The Bertz CT molecular complexity index is 313. The average molecular weight is 203 g/mol. The van der Waals surface area contributed by atoms with Gasteiger partial charge in [-0.2, -0.15) is 0 Å². The minimum atomic E-state index is 0.752. The lowest BCUT2D eigenvalue weighted by Crippen LogP contribution is -2.29. The molecule has 1 aromatic rings. The van der Waals surface area contributed by atoms with E-state index in [0.29, 0.717) is 0 Å². The van der Waals surface area contributed by atoms with E-state index in [-0.39, 0.29) is 0 Å². The van der Waals surface area contributed by atoms with Gasteiger partial charge in [0, 0.05) is 38.1 Å². The van der Waals surface area contributed by atoms with Crippen LogP contribution in [0.1, 0.15) is 12.0 Å². The van der Waals surface area contributed by atoms with Crippen molar-refractivity contribution in [2.24, 2.45) is 5.92 Å². The molecule has 1 N–H and O–H groups in total. The van der Waals surface area contributed by atoms with Crippen LogP contribution >= 0.6 is 0 Å². The van der Waals surface area contributed by atoms with Crippen LogP contribution in [0, 0.1) is 5.92 Å². The Kier molecular flexibility index (Phi) is 2.43. The van der Waals surface area contributed by atoms with Crippen molar-refractivity contribution in [3.8, 4) is 0 Å². The van der Waals surface area contributed by atoms with Crippen molar-refractivity contribution in [2.45, 2.75) is 19.0 Å². The zero-order valence-electron chi connectivity index (χ0n) is 8.89. The summed E-state index contributed by atoms with van der Waals surface area (Å²) in [5, 5.41) is 3.58. The van der Waals surface area contributed by atoms with Crippen LogP contribution in [0.4, 0.5) is 0 Å². The molecule has 3 heterocycles. The third-order valence-electron chi connectivity index (χ3n) is 3.57. The van der Waals surface area contributed by atoms with Crippen molar-refractivity contribution in [1.82, 2.24) is 15.2 Å². The smallest absolute Gasteiger partial charge is 0.0312 e. The Balaban J connectivity index is 1.62. The number of fused-ring (bicyclic) bond motifs is 1. The van der Waals surface area contributed by atoms with E-state index < -0.39 is 0 Å². The van der Waals surface area contributed by atoms with E-state index >= 15 is 0 Å². The number of pyridine rings is 1. The number of likely N-dealkylation sites (tertiary alicyclic amines) is 1. The second-order valence-electron chi connectivity index (χ2n) is 4.66. The van der Waals surface area contributed by atoms with Gasteiger partial charge in [0.05, 0.1) is 0 Å². The highest BCUT2D eigenvalue weighted by atomic mass is 15.2. The second-order valence-corrected chi connectivity index (χ2v) is 4.66. The van der Waals surface area contributed by atoms with Crippen molar-refractivity contribution in [2.75, 3.05) is 19.6 Å². The van der Waals surface area contributed by atoms with E-state index in [1.807, 2.05) is 18.5 Å². The minimum absolute atomic E-state index is 0.752. The van der Waals surface area contributed by atoms with Gasteiger partial charge in [0.1, 0.15) is 0 Å². The first kappa shape index (κ1) is 9.31. The summed E-state index contributed by atoms with van der Waals surface area (Å²) in [5.41, 5.74) is 1.33. The highest BCUT2D eigenvalue weighted by Gasteiger charge is 2.35. The molecule has 0 aliphatic carbocycles. The molecule has 3 nitrogen and oxygen atoms in total. The van der Waals surface area contributed by atoms with Crippen molar-refractivity contribution < 1.29 is 0 Å². The number of nitrogens with zero attached hydrogens (tertiary/aromatic N) is 2. The molecular formula is C12H17N3. The normalized spacial score (nSPS) is 30.7. The van der Waals surface area contributed by atoms with Crippen LogP contribution in [0.2, 0.25) is 0 Å². The highest BCUT2D eigenvalue weighted by Crippen LogP contribution is 2.25. The van der Waals surface area contributed by atoms with Gasteiger partial charge in [-0.1, -0.05) is 6.07 Å². The second kappa shape index (κ2) is 3.91. The molecule has 15 heavy (non-hydrogen) atoms. The van der Waals surface area contributed by atoms with Gasteiger partial charge in [-0.3, -0.25) is 9.88 Å². The third-order valence-corrected chi connectivity index (χ3v) is 3.57. The molecule has 0 amide bonds. The summed E-state index contributed by atoms with van der Waals surface area (Å²) in [4.78, 5) is 6.70. The molecule has 3 rings (SSSR count). The Morgan fingerprint density at radius 2 is 2.47 bits per heavy atom. The molecule has 2 aliphatic rings. The summed E-state index contributed by atoms with van der Waals surface area (Å²) in [6.07, 6.45) is 5.17. The molecule has 0 unspecified atom stereocenters. The molecule has 0 radical (unpaired) electrons. The van der Waals surface area contributed by atoms with E-state index in [9.17, 15) is 0 Å². The summed E-state index contributed by atoms with van der Waals surface area (Å²) in [7, 11) is 0. The molecule has 2 atom stereocenters. The van der Waals surface area contributed by atoms with Gasteiger partial charge < -0.3 is 5.32 Å². The number of hydrogen-bond acceptors (Lipinski definition) is 3. The molecule has 0 aromatic carbocycles. The van der Waals surface area contributed by atoms with Crippen molar-refractivity contribution in [1.29, 1.82) is 0 Å². The minimum Gasteiger partial charge on any atom is -0.312 e. The van der Waals surface area contributed by atoms with Gasteiger partial charge in [-0.25, -0.2) is 0 Å². The van der Waals surface area contributed by atoms with E-state index in [1.54, 1.807) is 0 Å². The fourth-order valence-corrected chi connectivity index (χ4v) is 2.82. The van der Waals surface area contributed by atoms with E-state index in [1.165, 1.54) is 31.6 Å². The first-order valence-corrected chi connectivity index (χ1v) is 5.76. The van der Waals surface area contributed by atoms with Gasteiger partial charge in [-0.15, -0.1) is 0 Å². The Morgan fingerprint density at radius 1 is 1.47 bits per heavy atom. The summed E-state index contributed by atoms with van der Waals surface area (Å²) in [6.45, 7) is 4.74. The lowest BCUT2D eigenvalue weighted by atomic mass is 10.1. The fraction of sp³-hybridized carbons (Fsp3) is 0.583. The van der Waals surface area contributed by atoms with Gasteiger partial charge in [0.25, 0.3) is 0 Å². The maximum Gasteiger partial charge on any atom is 0.0312 e. The van der Waals surface area contributed by atoms with Gasteiger partial charge in [0.15, 0.2) is 0 Å². The predicted molar refractivity (Wildman–Crippen MR) is 59.4 cm³/mol. The molecule has 80 valence electrons. The number of rotatable bonds is 2. The molecule has 1 aromatic heterocycles. The molecule has 0 spiro atoms. The maximum atomic E-state index is 4.16. The maximum absolute atomic E-state index is 4.16. The van der Waals surface area contributed by atoms with Crippen LogP contribution in [0.25, 0.3) is 0 Å². The van der Waals surface area contributed by atoms with Crippen LogP contribution < -0.4 is 5.32 Å². The highest BCUT2D eigenvalue weighted by molar-refractivity contribution is 5.09. The quantitative estimate of drug-likeness (QED) is 0.773. The van der Waals surface area contributed by atoms with Gasteiger partial charge >= 0.3 is 0 Å². The van der Waals surface area contributed by atoms with Crippen LogP contribution in [-0.4, -0.2) is 35.6 Å². The first-order valence-electron chi connectivity index (χ1n) is 5.76. The largest absolute Gasteiger partial charge is 0.312 e. The molecule has 0 bridgehead atoms. The summed E-state index contributed by atoms with van der Waals surface area (Å²) in [6, 6.07) is 4.93. The number of hydrogen-bond donors (Lipinski definition) is 1. The number of aromatic nitrogens is 1. The summed E-state index contributed by atoms with van der Waals surface area (Å²) < 4.78 is 0. The van der Waals surface area contributed by atoms with Crippen molar-refractivity contribution in [3.63, 3.8) is 0 Å². The topological polar surface area (TPSA) is 28.2 Å². The monoisotopic (exact) mass is 203 g/mol. The lowest BCUT2D eigenvalue weighted by molar-refractivity contribution is 0.306. The zero-order valence-corrected chi connectivity index (χ0v) is 8.89. The van der Waals surface area contributed by atoms with E-state index in [2.05, 4.69) is 21.3 Å². The molecule has 3 heteroatoms. The Hall–Kier alpha value is -0.930. The standard InChI is InChI=1S/C12H17N3/c1-2-10(6-13-4-1)7-15-8-11-3-5-14-12(11)9-15/h1-2,4,6,11-12,14H,3,5,7-9H2/t11-,12+/m1/s1. The van der Waals surface area contributed by atoms with Crippen molar-refractivity contribution >= 4 is 0 Å². The first-order chi connectivity index (χ1) is 7.42. The Morgan fingerprint density at radius 3 is 3.27 bits per heavy atom. The number of nitrogens with one attached hydrogen (secondary N) is 1. The van der Waals surface area contributed by atoms with Crippen LogP contribution in [0.3, 0.4) is 0 Å². The SMILES string of the molecule is c1cncc(CN2C[C@H]3CCN[C@H]3C2)c1. The predicted octanol–water partition coefficient (Wildman–Crippen LogP) is 0.875.